The highest BCUT2D eigenvalue weighted by atomic mass is 19.4. The normalized spacial score (nSPS) is 15.9. The second-order valence-electron chi connectivity index (χ2n) is 7.45. The van der Waals surface area contributed by atoms with E-state index in [2.05, 4.69) is 26.0 Å². The second kappa shape index (κ2) is 9.07. The Morgan fingerprint density at radius 1 is 0.935 bits per heavy atom. The molecule has 0 bridgehead atoms. The van der Waals surface area contributed by atoms with Crippen molar-refractivity contribution in [1.29, 1.82) is 0 Å². The SMILES string of the molecule is COc1ccccc1CN1CCN(Cc2nc(-c3ccc(C(F)(F)F)cc3)no2)CC1. The largest absolute Gasteiger partial charge is 0.496 e. The van der Waals surface area contributed by atoms with Crippen LogP contribution in [0.5, 0.6) is 5.75 Å². The Hall–Kier alpha value is -2.91. The highest BCUT2D eigenvalue weighted by molar-refractivity contribution is 5.54. The minimum atomic E-state index is -4.37. The first-order valence-electron chi connectivity index (χ1n) is 9.99. The molecule has 2 aromatic carbocycles. The van der Waals surface area contributed by atoms with Crippen LogP contribution in [0.15, 0.2) is 53.1 Å². The summed E-state index contributed by atoms with van der Waals surface area (Å²) in [5.41, 5.74) is 0.951. The van der Waals surface area contributed by atoms with Crippen LogP contribution >= 0.6 is 0 Å². The number of halogens is 3. The predicted molar refractivity (Wildman–Crippen MR) is 108 cm³/mol. The third-order valence-corrected chi connectivity index (χ3v) is 5.35. The molecule has 1 aromatic heterocycles. The first kappa shape index (κ1) is 21.3. The maximum Gasteiger partial charge on any atom is 0.416 e. The van der Waals surface area contributed by atoms with Crippen molar-refractivity contribution in [3.05, 3.63) is 65.5 Å². The molecule has 0 amide bonds. The standard InChI is InChI=1S/C22H23F3N4O2/c1-30-19-5-3-2-4-17(19)14-28-10-12-29(13-11-28)15-20-26-21(27-31-20)16-6-8-18(9-7-16)22(23,24)25/h2-9H,10-15H2,1H3. The molecule has 2 heterocycles. The number of hydrogen-bond acceptors (Lipinski definition) is 6. The van der Waals surface area contributed by atoms with Crippen molar-refractivity contribution in [3.8, 4) is 17.1 Å². The lowest BCUT2D eigenvalue weighted by atomic mass is 10.1. The van der Waals surface area contributed by atoms with E-state index < -0.39 is 11.7 Å². The number of nitrogens with zero attached hydrogens (tertiary/aromatic N) is 4. The smallest absolute Gasteiger partial charge is 0.416 e. The van der Waals surface area contributed by atoms with Crippen LogP contribution in [-0.2, 0) is 19.3 Å². The molecule has 0 saturated carbocycles. The third kappa shape index (κ3) is 5.23. The van der Waals surface area contributed by atoms with E-state index in [9.17, 15) is 13.2 Å². The molecule has 0 spiro atoms. The van der Waals surface area contributed by atoms with Crippen LogP contribution in [-0.4, -0.2) is 53.2 Å². The first-order valence-corrected chi connectivity index (χ1v) is 9.99. The summed E-state index contributed by atoms with van der Waals surface area (Å²) in [5.74, 6) is 1.64. The molecule has 31 heavy (non-hydrogen) atoms. The number of ether oxygens (including phenoxy) is 1. The van der Waals surface area contributed by atoms with Crippen LogP contribution < -0.4 is 4.74 Å². The average Bonchev–Trinajstić information content (AvgIpc) is 3.23. The van der Waals surface area contributed by atoms with Crippen molar-refractivity contribution in [2.75, 3.05) is 33.3 Å². The quantitative estimate of drug-likeness (QED) is 0.585. The molecule has 0 atom stereocenters. The van der Waals surface area contributed by atoms with Crippen LogP contribution in [0.3, 0.4) is 0 Å². The zero-order valence-corrected chi connectivity index (χ0v) is 17.1. The monoisotopic (exact) mass is 432 g/mol. The summed E-state index contributed by atoms with van der Waals surface area (Å²) in [6.45, 7) is 4.85. The maximum absolute atomic E-state index is 12.7. The number of rotatable bonds is 6. The Morgan fingerprint density at radius 3 is 2.23 bits per heavy atom. The van der Waals surface area contributed by atoms with E-state index in [-0.39, 0.29) is 0 Å². The summed E-state index contributed by atoms with van der Waals surface area (Å²) in [5, 5.41) is 3.92. The zero-order chi connectivity index (χ0) is 21.8. The lowest BCUT2D eigenvalue weighted by Gasteiger charge is -2.34. The number of piperazine rings is 1. The van der Waals surface area contributed by atoms with Gasteiger partial charge < -0.3 is 9.26 Å². The summed E-state index contributed by atoms with van der Waals surface area (Å²) < 4.78 is 48.9. The van der Waals surface area contributed by atoms with Gasteiger partial charge in [-0.05, 0) is 18.2 Å². The Bertz CT molecular complexity index is 996. The van der Waals surface area contributed by atoms with Crippen molar-refractivity contribution in [1.82, 2.24) is 19.9 Å². The summed E-state index contributed by atoms with van der Waals surface area (Å²) in [6, 6.07) is 12.8. The number of aromatic nitrogens is 2. The number of methoxy groups -OCH3 is 1. The van der Waals surface area contributed by atoms with Gasteiger partial charge in [0.05, 0.1) is 19.2 Å². The van der Waals surface area contributed by atoms with Crippen LogP contribution in [0.4, 0.5) is 13.2 Å². The Labute approximate surface area is 178 Å². The molecule has 0 N–H and O–H groups in total. The predicted octanol–water partition coefficient (Wildman–Crippen LogP) is 4.08. The minimum absolute atomic E-state index is 0.290. The molecule has 1 aliphatic heterocycles. The molecule has 6 nitrogen and oxygen atoms in total. The Morgan fingerprint density at radius 2 is 1.58 bits per heavy atom. The summed E-state index contributed by atoms with van der Waals surface area (Å²) in [6.07, 6.45) is -4.37. The molecule has 164 valence electrons. The van der Waals surface area contributed by atoms with Gasteiger partial charge in [-0.3, -0.25) is 9.80 Å². The number of para-hydroxylation sites is 1. The van der Waals surface area contributed by atoms with E-state index in [1.807, 2.05) is 18.2 Å². The first-order chi connectivity index (χ1) is 14.9. The van der Waals surface area contributed by atoms with Crippen molar-refractivity contribution < 1.29 is 22.4 Å². The van der Waals surface area contributed by atoms with E-state index in [0.717, 1.165) is 56.2 Å². The van der Waals surface area contributed by atoms with Gasteiger partial charge in [0.1, 0.15) is 5.75 Å². The molecule has 0 aliphatic carbocycles. The molecule has 1 aliphatic rings. The van der Waals surface area contributed by atoms with Crippen LogP contribution in [0.1, 0.15) is 17.0 Å². The van der Waals surface area contributed by atoms with Crippen molar-refractivity contribution in [2.24, 2.45) is 0 Å². The molecular weight excluding hydrogens is 409 g/mol. The molecule has 0 radical (unpaired) electrons. The number of benzene rings is 2. The molecule has 1 saturated heterocycles. The van der Waals surface area contributed by atoms with Gasteiger partial charge in [-0.25, -0.2) is 0 Å². The minimum Gasteiger partial charge on any atom is -0.496 e. The summed E-state index contributed by atoms with van der Waals surface area (Å²) >= 11 is 0. The van der Waals surface area contributed by atoms with Crippen molar-refractivity contribution in [3.63, 3.8) is 0 Å². The average molecular weight is 432 g/mol. The van der Waals surface area contributed by atoms with Crippen LogP contribution in [0, 0.1) is 0 Å². The maximum atomic E-state index is 12.7. The van der Waals surface area contributed by atoms with Crippen molar-refractivity contribution >= 4 is 0 Å². The van der Waals surface area contributed by atoms with Gasteiger partial charge in [0.2, 0.25) is 11.7 Å². The van der Waals surface area contributed by atoms with Gasteiger partial charge in [0, 0.05) is 43.9 Å². The highest BCUT2D eigenvalue weighted by Crippen LogP contribution is 2.30. The molecular formula is C22H23F3N4O2. The van der Waals surface area contributed by atoms with E-state index >= 15 is 0 Å². The van der Waals surface area contributed by atoms with E-state index in [4.69, 9.17) is 9.26 Å². The fourth-order valence-electron chi connectivity index (χ4n) is 3.62. The Kier molecular flexibility index (Phi) is 6.24. The van der Waals surface area contributed by atoms with Gasteiger partial charge in [0.25, 0.3) is 0 Å². The third-order valence-electron chi connectivity index (χ3n) is 5.35. The fraction of sp³-hybridized carbons (Fsp3) is 0.364. The molecule has 4 rings (SSSR count). The van der Waals surface area contributed by atoms with E-state index in [0.29, 0.717) is 23.8 Å². The Balaban J connectivity index is 1.31. The van der Waals surface area contributed by atoms with E-state index in [1.54, 1.807) is 7.11 Å². The van der Waals surface area contributed by atoms with Gasteiger partial charge in [-0.15, -0.1) is 0 Å². The van der Waals surface area contributed by atoms with Crippen LogP contribution in [0.2, 0.25) is 0 Å². The zero-order valence-electron chi connectivity index (χ0n) is 17.1. The second-order valence-corrected chi connectivity index (χ2v) is 7.45. The topological polar surface area (TPSA) is 54.6 Å². The number of alkyl halides is 3. The molecule has 1 fully saturated rings. The molecule has 0 unspecified atom stereocenters. The fourth-order valence-corrected chi connectivity index (χ4v) is 3.62. The lowest BCUT2D eigenvalue weighted by molar-refractivity contribution is -0.137. The lowest BCUT2D eigenvalue weighted by Crippen LogP contribution is -2.45. The molecule has 9 heteroatoms. The van der Waals surface area contributed by atoms with Crippen molar-refractivity contribution in [2.45, 2.75) is 19.3 Å². The van der Waals surface area contributed by atoms with Gasteiger partial charge in [0.15, 0.2) is 0 Å². The van der Waals surface area contributed by atoms with Crippen LogP contribution in [0.25, 0.3) is 11.4 Å². The van der Waals surface area contributed by atoms with Gasteiger partial charge >= 0.3 is 6.18 Å². The summed E-state index contributed by atoms with van der Waals surface area (Å²) in [4.78, 5) is 8.94. The van der Waals surface area contributed by atoms with Gasteiger partial charge in [-0.2, -0.15) is 18.2 Å². The number of hydrogen-bond donors (Lipinski definition) is 0. The highest BCUT2D eigenvalue weighted by Gasteiger charge is 2.30. The van der Waals surface area contributed by atoms with E-state index in [1.165, 1.54) is 12.1 Å². The van der Waals surface area contributed by atoms with Gasteiger partial charge in [-0.1, -0.05) is 35.5 Å². The summed E-state index contributed by atoms with van der Waals surface area (Å²) in [7, 11) is 1.68. The molecule has 3 aromatic rings.